The summed E-state index contributed by atoms with van der Waals surface area (Å²) < 4.78 is 49.4. The number of ether oxygens (including phenoxy) is 1. The van der Waals surface area contributed by atoms with Crippen LogP contribution in [0.1, 0.15) is 32.6 Å². The molecule has 0 radical (unpaired) electrons. The van der Waals surface area contributed by atoms with Gasteiger partial charge in [0.05, 0.1) is 23.3 Å². The largest absolute Gasteiger partial charge is 0.452 e. The van der Waals surface area contributed by atoms with Gasteiger partial charge in [-0.1, -0.05) is 47.5 Å². The highest BCUT2D eigenvalue weighted by atomic mass is 35.5. The van der Waals surface area contributed by atoms with Crippen LogP contribution in [0.4, 0.5) is 13.2 Å². The topological polar surface area (TPSA) is 51.2 Å². The zero-order valence-corrected chi connectivity index (χ0v) is 18.9. The third kappa shape index (κ3) is 5.00. The zero-order chi connectivity index (χ0) is 23.6. The molecular formula is C23H19Cl2F3N2O2. The number of carbonyl (C=O) groups is 1. The zero-order valence-electron chi connectivity index (χ0n) is 17.4. The summed E-state index contributed by atoms with van der Waals surface area (Å²) in [6.07, 6.45) is 1.14. The van der Waals surface area contributed by atoms with Crippen LogP contribution in [0.2, 0.25) is 10.2 Å². The van der Waals surface area contributed by atoms with E-state index >= 15 is 0 Å². The van der Waals surface area contributed by atoms with Crippen molar-refractivity contribution in [3.05, 3.63) is 86.4 Å². The number of nitrogens with zero attached hydrogens (tertiary/aromatic N) is 1. The minimum absolute atomic E-state index is 0.0134. The number of rotatable bonds is 6. The lowest BCUT2D eigenvalue weighted by molar-refractivity contribution is -0.00241. The van der Waals surface area contributed by atoms with Gasteiger partial charge < -0.3 is 10.1 Å². The SMILES string of the molecule is Cc1ccc(C(F)(F)CNC(=O)c2c(Oc3cccc(C)c3F)cnc(Cl)c2C)c(Cl)c1. The molecule has 1 N–H and O–H groups in total. The second kappa shape index (κ2) is 9.38. The fraction of sp³-hybridized carbons (Fsp3) is 0.217. The van der Waals surface area contributed by atoms with E-state index in [9.17, 15) is 18.0 Å². The van der Waals surface area contributed by atoms with Gasteiger partial charge in [-0.2, -0.15) is 8.78 Å². The molecule has 0 saturated carbocycles. The van der Waals surface area contributed by atoms with Crippen molar-refractivity contribution in [2.24, 2.45) is 0 Å². The lowest BCUT2D eigenvalue weighted by Crippen LogP contribution is -2.35. The first-order valence-corrected chi connectivity index (χ1v) is 10.3. The fourth-order valence-electron chi connectivity index (χ4n) is 3.03. The van der Waals surface area contributed by atoms with E-state index in [1.165, 1.54) is 31.2 Å². The number of hydrogen-bond donors (Lipinski definition) is 1. The highest BCUT2D eigenvalue weighted by Crippen LogP contribution is 2.35. The summed E-state index contributed by atoms with van der Waals surface area (Å²) in [5.41, 5.74) is 0.726. The van der Waals surface area contributed by atoms with Crippen LogP contribution in [-0.4, -0.2) is 17.4 Å². The van der Waals surface area contributed by atoms with Gasteiger partial charge in [0.25, 0.3) is 11.8 Å². The fourth-order valence-corrected chi connectivity index (χ4v) is 3.55. The summed E-state index contributed by atoms with van der Waals surface area (Å²) in [7, 11) is 0. The molecule has 2 aromatic carbocycles. The van der Waals surface area contributed by atoms with Gasteiger partial charge in [-0.15, -0.1) is 0 Å². The molecule has 0 spiro atoms. The van der Waals surface area contributed by atoms with Gasteiger partial charge in [-0.25, -0.2) is 9.37 Å². The number of alkyl halides is 2. The Labute approximate surface area is 193 Å². The molecule has 0 atom stereocenters. The van der Waals surface area contributed by atoms with Crippen LogP contribution in [0.25, 0.3) is 0 Å². The predicted octanol–water partition coefficient (Wildman–Crippen LogP) is 6.77. The van der Waals surface area contributed by atoms with Crippen LogP contribution in [0.5, 0.6) is 11.5 Å². The van der Waals surface area contributed by atoms with Crippen molar-refractivity contribution in [3.8, 4) is 11.5 Å². The summed E-state index contributed by atoms with van der Waals surface area (Å²) >= 11 is 12.0. The van der Waals surface area contributed by atoms with Crippen molar-refractivity contribution in [1.82, 2.24) is 10.3 Å². The Morgan fingerprint density at radius 1 is 1.12 bits per heavy atom. The Balaban J connectivity index is 1.89. The first-order valence-electron chi connectivity index (χ1n) is 9.52. The van der Waals surface area contributed by atoms with Crippen molar-refractivity contribution in [3.63, 3.8) is 0 Å². The second-order valence-corrected chi connectivity index (χ2v) is 8.04. The highest BCUT2D eigenvalue weighted by molar-refractivity contribution is 6.31. The van der Waals surface area contributed by atoms with E-state index in [4.69, 9.17) is 27.9 Å². The average Bonchev–Trinajstić information content (AvgIpc) is 2.72. The van der Waals surface area contributed by atoms with E-state index in [1.54, 1.807) is 26.0 Å². The van der Waals surface area contributed by atoms with Gasteiger partial charge in [0.15, 0.2) is 17.3 Å². The number of carbonyl (C=O) groups excluding carboxylic acids is 1. The van der Waals surface area contributed by atoms with Crippen molar-refractivity contribution in [1.29, 1.82) is 0 Å². The Morgan fingerprint density at radius 2 is 1.84 bits per heavy atom. The quantitative estimate of drug-likeness (QED) is 0.394. The number of halogens is 5. The molecule has 0 aliphatic carbocycles. The van der Waals surface area contributed by atoms with E-state index in [1.807, 2.05) is 0 Å². The van der Waals surface area contributed by atoms with Crippen LogP contribution in [0.15, 0.2) is 42.6 Å². The Kier molecular flexibility index (Phi) is 7.00. The third-order valence-electron chi connectivity index (χ3n) is 4.82. The van der Waals surface area contributed by atoms with Crippen LogP contribution in [0, 0.1) is 26.6 Å². The summed E-state index contributed by atoms with van der Waals surface area (Å²) in [5, 5.41) is 2.07. The monoisotopic (exact) mass is 482 g/mol. The molecule has 1 heterocycles. The van der Waals surface area contributed by atoms with Gasteiger partial charge in [0.1, 0.15) is 5.15 Å². The lowest BCUT2D eigenvalue weighted by Gasteiger charge is -2.20. The van der Waals surface area contributed by atoms with E-state index in [0.717, 1.165) is 11.8 Å². The summed E-state index contributed by atoms with van der Waals surface area (Å²) in [5.74, 6) is -5.19. The van der Waals surface area contributed by atoms with Crippen LogP contribution in [-0.2, 0) is 5.92 Å². The van der Waals surface area contributed by atoms with Crippen LogP contribution >= 0.6 is 23.2 Å². The van der Waals surface area contributed by atoms with Crippen LogP contribution in [0.3, 0.4) is 0 Å². The maximum absolute atomic E-state index is 14.7. The molecule has 3 aromatic rings. The molecule has 0 fully saturated rings. The number of aromatic nitrogens is 1. The van der Waals surface area contributed by atoms with Gasteiger partial charge in [-0.3, -0.25) is 4.79 Å². The molecule has 1 amide bonds. The summed E-state index contributed by atoms with van der Waals surface area (Å²) in [4.78, 5) is 16.8. The standard InChI is InChI=1S/C23H19Cl2F3N2O2/c1-12-7-8-15(16(24)9-12)23(27,28)11-30-22(31)19-14(3)21(25)29-10-18(19)32-17-6-4-5-13(2)20(17)26/h4-10H,11H2,1-3H3,(H,30,31). The lowest BCUT2D eigenvalue weighted by atomic mass is 10.1. The molecule has 32 heavy (non-hydrogen) atoms. The Morgan fingerprint density at radius 3 is 2.53 bits per heavy atom. The summed E-state index contributed by atoms with van der Waals surface area (Å²) in [6, 6.07) is 8.65. The maximum Gasteiger partial charge on any atom is 0.291 e. The van der Waals surface area contributed by atoms with Crippen molar-refractivity contribution in [2.45, 2.75) is 26.7 Å². The molecule has 0 saturated heterocycles. The minimum atomic E-state index is -3.44. The number of amides is 1. The van der Waals surface area contributed by atoms with Gasteiger partial charge >= 0.3 is 0 Å². The average molecular weight is 483 g/mol. The molecular weight excluding hydrogens is 464 g/mol. The Bertz CT molecular complexity index is 1190. The van der Waals surface area contributed by atoms with Crippen LogP contribution < -0.4 is 10.1 Å². The molecule has 1 aromatic heterocycles. The highest BCUT2D eigenvalue weighted by Gasteiger charge is 2.35. The molecule has 4 nitrogen and oxygen atoms in total. The normalized spacial score (nSPS) is 11.4. The smallest absolute Gasteiger partial charge is 0.291 e. The number of pyridine rings is 1. The molecule has 0 bridgehead atoms. The van der Waals surface area contributed by atoms with E-state index in [-0.39, 0.29) is 32.8 Å². The first-order chi connectivity index (χ1) is 15.0. The molecule has 0 aliphatic rings. The number of aryl methyl sites for hydroxylation is 2. The van der Waals surface area contributed by atoms with Gasteiger partial charge in [0.2, 0.25) is 0 Å². The van der Waals surface area contributed by atoms with Crippen molar-refractivity contribution in [2.75, 3.05) is 6.54 Å². The number of benzene rings is 2. The first kappa shape index (κ1) is 23.9. The van der Waals surface area contributed by atoms with Crippen molar-refractivity contribution < 1.29 is 22.7 Å². The minimum Gasteiger partial charge on any atom is -0.452 e. The van der Waals surface area contributed by atoms with E-state index < -0.39 is 29.8 Å². The molecule has 0 unspecified atom stereocenters. The molecule has 3 rings (SSSR count). The van der Waals surface area contributed by atoms with E-state index in [2.05, 4.69) is 10.3 Å². The maximum atomic E-state index is 14.7. The third-order valence-corrected chi connectivity index (χ3v) is 5.51. The predicted molar refractivity (Wildman–Crippen MR) is 118 cm³/mol. The van der Waals surface area contributed by atoms with Crippen molar-refractivity contribution >= 4 is 29.1 Å². The summed E-state index contributed by atoms with van der Waals surface area (Å²) in [6.45, 7) is 3.74. The van der Waals surface area contributed by atoms with E-state index in [0.29, 0.717) is 5.56 Å². The Hall–Kier alpha value is -2.77. The van der Waals surface area contributed by atoms with Gasteiger partial charge in [-0.05, 0) is 44.0 Å². The van der Waals surface area contributed by atoms with Gasteiger partial charge in [0, 0.05) is 11.1 Å². The molecule has 9 heteroatoms. The number of hydrogen-bond acceptors (Lipinski definition) is 3. The molecule has 0 aliphatic heterocycles. The molecule has 168 valence electrons. The number of nitrogens with one attached hydrogen (secondary N) is 1. The second-order valence-electron chi connectivity index (χ2n) is 7.27.